The van der Waals surface area contributed by atoms with Crippen molar-refractivity contribution in [2.24, 2.45) is 7.05 Å². The Hall–Kier alpha value is -1.91. The van der Waals surface area contributed by atoms with E-state index >= 15 is 0 Å². The Morgan fingerprint density at radius 2 is 1.88 bits per heavy atom. The zero-order chi connectivity index (χ0) is 11.9. The number of nitrogens with zero attached hydrogens (tertiary/aromatic N) is 2. The standard InChI is InChI=1S/C11H15N3O2/c1-6-9-10(12)7(15-3)5-8(16-4)11(9)14(2)13-6/h5H,12H2,1-4H3. The lowest BCUT2D eigenvalue weighted by atomic mass is 10.1. The van der Waals surface area contributed by atoms with Crippen LogP contribution in [0, 0.1) is 6.92 Å². The Balaban J connectivity index is 2.93. The number of anilines is 1. The summed E-state index contributed by atoms with van der Waals surface area (Å²) in [5.41, 5.74) is 8.39. The van der Waals surface area contributed by atoms with Crippen molar-refractivity contribution >= 4 is 16.6 Å². The molecule has 0 aliphatic rings. The fourth-order valence-electron chi connectivity index (χ4n) is 1.98. The molecule has 16 heavy (non-hydrogen) atoms. The van der Waals surface area contributed by atoms with Crippen molar-refractivity contribution in [1.29, 1.82) is 0 Å². The smallest absolute Gasteiger partial charge is 0.148 e. The van der Waals surface area contributed by atoms with Crippen molar-refractivity contribution < 1.29 is 9.47 Å². The van der Waals surface area contributed by atoms with Crippen molar-refractivity contribution in [3.63, 3.8) is 0 Å². The average molecular weight is 221 g/mol. The molecule has 2 rings (SSSR count). The molecule has 0 amide bonds. The van der Waals surface area contributed by atoms with E-state index in [0.29, 0.717) is 17.2 Å². The second-order valence-electron chi connectivity index (χ2n) is 3.63. The van der Waals surface area contributed by atoms with Crippen LogP contribution in [0.25, 0.3) is 10.9 Å². The Bertz CT molecular complexity index is 546. The van der Waals surface area contributed by atoms with Gasteiger partial charge in [-0.05, 0) is 6.92 Å². The molecular weight excluding hydrogens is 206 g/mol. The van der Waals surface area contributed by atoms with Gasteiger partial charge in [-0.2, -0.15) is 5.10 Å². The molecule has 0 atom stereocenters. The SMILES string of the molecule is COc1cc(OC)c2c(c(C)nn2C)c1N. The van der Waals surface area contributed by atoms with Crippen LogP contribution in [0.2, 0.25) is 0 Å². The van der Waals surface area contributed by atoms with Gasteiger partial charge in [0.25, 0.3) is 0 Å². The summed E-state index contributed by atoms with van der Waals surface area (Å²) < 4.78 is 12.3. The van der Waals surface area contributed by atoms with Gasteiger partial charge in [0.15, 0.2) is 0 Å². The molecule has 0 fully saturated rings. The Kier molecular flexibility index (Phi) is 2.38. The number of nitrogen functional groups attached to an aromatic ring is 1. The van der Waals surface area contributed by atoms with E-state index in [1.807, 2.05) is 14.0 Å². The van der Waals surface area contributed by atoms with Gasteiger partial charge in [-0.3, -0.25) is 4.68 Å². The lowest BCUT2D eigenvalue weighted by Gasteiger charge is -2.10. The van der Waals surface area contributed by atoms with Crippen molar-refractivity contribution in [2.45, 2.75) is 6.92 Å². The van der Waals surface area contributed by atoms with E-state index in [4.69, 9.17) is 15.2 Å². The predicted molar refractivity (Wildman–Crippen MR) is 63.0 cm³/mol. The highest BCUT2D eigenvalue weighted by Gasteiger charge is 2.17. The van der Waals surface area contributed by atoms with E-state index in [2.05, 4.69) is 5.10 Å². The summed E-state index contributed by atoms with van der Waals surface area (Å²) >= 11 is 0. The van der Waals surface area contributed by atoms with Gasteiger partial charge in [-0.15, -0.1) is 0 Å². The van der Waals surface area contributed by atoms with Crippen molar-refractivity contribution in [2.75, 3.05) is 20.0 Å². The van der Waals surface area contributed by atoms with E-state index in [-0.39, 0.29) is 0 Å². The van der Waals surface area contributed by atoms with Gasteiger partial charge in [-0.1, -0.05) is 0 Å². The first kappa shape index (κ1) is 10.6. The number of nitrogens with two attached hydrogens (primary N) is 1. The normalized spacial score (nSPS) is 10.8. The van der Waals surface area contributed by atoms with E-state index in [1.165, 1.54) is 0 Å². The first-order valence-corrected chi connectivity index (χ1v) is 4.94. The highest BCUT2D eigenvalue weighted by atomic mass is 16.5. The molecule has 1 aromatic heterocycles. The zero-order valence-electron chi connectivity index (χ0n) is 9.87. The molecule has 1 aromatic carbocycles. The molecule has 5 heteroatoms. The molecule has 2 N–H and O–H groups in total. The van der Waals surface area contributed by atoms with Crippen molar-refractivity contribution in [3.8, 4) is 11.5 Å². The Morgan fingerprint density at radius 1 is 1.25 bits per heavy atom. The maximum atomic E-state index is 6.03. The van der Waals surface area contributed by atoms with Gasteiger partial charge < -0.3 is 15.2 Å². The minimum absolute atomic E-state index is 0.601. The zero-order valence-corrected chi connectivity index (χ0v) is 9.87. The first-order chi connectivity index (χ1) is 7.60. The van der Waals surface area contributed by atoms with Crippen LogP contribution in [0.4, 0.5) is 5.69 Å². The summed E-state index contributed by atoms with van der Waals surface area (Å²) in [7, 11) is 5.07. The van der Waals surface area contributed by atoms with Crippen LogP contribution >= 0.6 is 0 Å². The fraction of sp³-hybridized carbons (Fsp3) is 0.364. The fourth-order valence-corrected chi connectivity index (χ4v) is 1.98. The van der Waals surface area contributed by atoms with Crippen LogP contribution in [0.3, 0.4) is 0 Å². The van der Waals surface area contributed by atoms with Gasteiger partial charge in [0, 0.05) is 13.1 Å². The molecule has 0 radical (unpaired) electrons. The van der Waals surface area contributed by atoms with Crippen LogP contribution in [0.5, 0.6) is 11.5 Å². The molecule has 0 unspecified atom stereocenters. The van der Waals surface area contributed by atoms with Crippen LogP contribution < -0.4 is 15.2 Å². The second kappa shape index (κ2) is 3.59. The van der Waals surface area contributed by atoms with Crippen molar-refractivity contribution in [1.82, 2.24) is 9.78 Å². The monoisotopic (exact) mass is 221 g/mol. The molecular formula is C11H15N3O2. The van der Waals surface area contributed by atoms with Crippen LogP contribution in [-0.2, 0) is 7.05 Å². The molecule has 2 aromatic rings. The molecule has 86 valence electrons. The quantitative estimate of drug-likeness (QED) is 0.780. The van der Waals surface area contributed by atoms with Gasteiger partial charge in [0.05, 0.1) is 31.0 Å². The third-order valence-electron chi connectivity index (χ3n) is 2.69. The summed E-state index contributed by atoms with van der Waals surface area (Å²) in [6.07, 6.45) is 0. The first-order valence-electron chi connectivity index (χ1n) is 4.94. The third kappa shape index (κ3) is 1.28. The molecule has 1 heterocycles. The highest BCUT2D eigenvalue weighted by molar-refractivity contribution is 5.99. The Morgan fingerprint density at radius 3 is 2.44 bits per heavy atom. The topological polar surface area (TPSA) is 62.3 Å². The maximum absolute atomic E-state index is 6.03. The highest BCUT2D eigenvalue weighted by Crippen LogP contribution is 2.38. The third-order valence-corrected chi connectivity index (χ3v) is 2.69. The number of hydrogen-bond donors (Lipinski definition) is 1. The van der Waals surface area contributed by atoms with E-state index in [1.54, 1.807) is 25.0 Å². The molecule has 5 nitrogen and oxygen atoms in total. The molecule has 0 aliphatic heterocycles. The van der Waals surface area contributed by atoms with Gasteiger partial charge in [-0.25, -0.2) is 0 Å². The number of aromatic nitrogens is 2. The average Bonchev–Trinajstić information content (AvgIpc) is 2.56. The minimum Gasteiger partial charge on any atom is -0.494 e. The summed E-state index contributed by atoms with van der Waals surface area (Å²) in [6, 6.07) is 1.78. The number of aryl methyl sites for hydroxylation is 2. The summed E-state index contributed by atoms with van der Waals surface area (Å²) in [5.74, 6) is 1.32. The summed E-state index contributed by atoms with van der Waals surface area (Å²) in [6.45, 7) is 1.91. The maximum Gasteiger partial charge on any atom is 0.148 e. The van der Waals surface area contributed by atoms with Crippen LogP contribution in [0.1, 0.15) is 5.69 Å². The number of methoxy groups -OCH3 is 2. The predicted octanol–water partition coefficient (Wildman–Crippen LogP) is 1.48. The van der Waals surface area contributed by atoms with E-state index < -0.39 is 0 Å². The number of ether oxygens (including phenoxy) is 2. The summed E-state index contributed by atoms with van der Waals surface area (Å²) in [4.78, 5) is 0. The van der Waals surface area contributed by atoms with Gasteiger partial charge >= 0.3 is 0 Å². The van der Waals surface area contributed by atoms with Crippen molar-refractivity contribution in [3.05, 3.63) is 11.8 Å². The number of hydrogen-bond acceptors (Lipinski definition) is 4. The largest absolute Gasteiger partial charge is 0.494 e. The molecule has 0 aliphatic carbocycles. The molecule has 0 bridgehead atoms. The van der Waals surface area contributed by atoms with E-state index in [0.717, 1.165) is 16.6 Å². The summed E-state index contributed by atoms with van der Waals surface area (Å²) in [5, 5.41) is 5.22. The second-order valence-corrected chi connectivity index (χ2v) is 3.63. The minimum atomic E-state index is 0.601. The lowest BCUT2D eigenvalue weighted by Crippen LogP contribution is -1.97. The van der Waals surface area contributed by atoms with Gasteiger partial charge in [0.2, 0.25) is 0 Å². The Labute approximate surface area is 93.7 Å². The van der Waals surface area contributed by atoms with E-state index in [9.17, 15) is 0 Å². The number of rotatable bonds is 2. The number of benzene rings is 1. The molecule has 0 saturated carbocycles. The van der Waals surface area contributed by atoms with Crippen LogP contribution in [-0.4, -0.2) is 24.0 Å². The lowest BCUT2D eigenvalue weighted by molar-refractivity contribution is 0.398. The van der Waals surface area contributed by atoms with Gasteiger partial charge in [0.1, 0.15) is 17.0 Å². The van der Waals surface area contributed by atoms with Crippen LogP contribution in [0.15, 0.2) is 6.07 Å². The molecule has 0 spiro atoms. The molecule has 0 saturated heterocycles. The number of fused-ring (bicyclic) bond motifs is 1.